The van der Waals surface area contributed by atoms with Crippen molar-refractivity contribution in [2.75, 3.05) is 19.8 Å². The van der Waals surface area contributed by atoms with E-state index in [9.17, 15) is 13.2 Å². The number of H-pyrrole nitrogens is 1. The van der Waals surface area contributed by atoms with E-state index in [1.54, 1.807) is 6.92 Å². The molecule has 20 heavy (non-hydrogen) atoms. The van der Waals surface area contributed by atoms with Gasteiger partial charge in [0.25, 0.3) is 10.0 Å². The van der Waals surface area contributed by atoms with E-state index in [1.165, 1.54) is 0 Å². The zero-order valence-corrected chi connectivity index (χ0v) is 11.9. The van der Waals surface area contributed by atoms with E-state index in [0.717, 1.165) is 12.6 Å². The Balaban J connectivity index is 2.17. The molecule has 2 rings (SSSR count). The Morgan fingerprint density at radius 2 is 2.45 bits per heavy atom. The number of aromatic nitrogens is 2. The molecule has 0 bridgehead atoms. The van der Waals surface area contributed by atoms with Crippen LogP contribution in [0.2, 0.25) is 0 Å². The molecule has 1 aliphatic heterocycles. The van der Waals surface area contributed by atoms with E-state index < -0.39 is 16.0 Å². The van der Waals surface area contributed by atoms with E-state index >= 15 is 0 Å². The van der Waals surface area contributed by atoms with Gasteiger partial charge in [0.2, 0.25) is 0 Å². The Kier molecular flexibility index (Phi) is 4.73. The highest BCUT2D eigenvalue weighted by Crippen LogP contribution is 2.15. The van der Waals surface area contributed by atoms with Crippen LogP contribution in [-0.2, 0) is 19.5 Å². The first-order valence-corrected chi connectivity index (χ1v) is 7.83. The zero-order valence-electron chi connectivity index (χ0n) is 11.1. The lowest BCUT2D eigenvalue weighted by atomic mass is 10.1. The van der Waals surface area contributed by atoms with Crippen LogP contribution in [0.4, 0.5) is 0 Å². The topological polar surface area (TPSA) is 110 Å². The maximum absolute atomic E-state index is 12.2. The highest BCUT2D eigenvalue weighted by molar-refractivity contribution is 7.89. The maximum Gasteiger partial charge on any atom is 0.342 e. The smallest absolute Gasteiger partial charge is 0.342 e. The SMILES string of the molecule is CCOC(=O)c1cn[nH]c1S(=O)(=O)NC1CCCOC1. The number of nitrogens with zero attached hydrogens (tertiary/aromatic N) is 1. The van der Waals surface area contributed by atoms with Gasteiger partial charge in [-0.2, -0.15) is 5.10 Å². The number of rotatable bonds is 5. The fourth-order valence-electron chi connectivity index (χ4n) is 1.95. The van der Waals surface area contributed by atoms with Crippen molar-refractivity contribution in [3.63, 3.8) is 0 Å². The monoisotopic (exact) mass is 303 g/mol. The fourth-order valence-corrected chi connectivity index (χ4v) is 3.29. The van der Waals surface area contributed by atoms with Crippen molar-refractivity contribution >= 4 is 16.0 Å². The zero-order chi connectivity index (χ0) is 14.6. The number of esters is 1. The quantitative estimate of drug-likeness (QED) is 0.743. The van der Waals surface area contributed by atoms with Crippen LogP contribution in [0.3, 0.4) is 0 Å². The summed E-state index contributed by atoms with van der Waals surface area (Å²) in [5.74, 6) is -0.721. The third-order valence-corrected chi connectivity index (χ3v) is 4.34. The van der Waals surface area contributed by atoms with Gasteiger partial charge in [0, 0.05) is 12.6 Å². The molecule has 8 nitrogen and oxygen atoms in total. The summed E-state index contributed by atoms with van der Waals surface area (Å²) in [6.45, 7) is 2.76. The molecule has 0 aliphatic carbocycles. The second-order valence-corrected chi connectivity index (χ2v) is 6.02. The first kappa shape index (κ1) is 14.9. The second-order valence-electron chi connectivity index (χ2n) is 4.37. The average molecular weight is 303 g/mol. The van der Waals surface area contributed by atoms with Crippen LogP contribution in [0, 0.1) is 0 Å². The Hall–Kier alpha value is -1.45. The van der Waals surface area contributed by atoms with Crippen molar-refractivity contribution in [1.29, 1.82) is 0 Å². The van der Waals surface area contributed by atoms with Gasteiger partial charge in [-0.05, 0) is 19.8 Å². The number of hydrogen-bond acceptors (Lipinski definition) is 6. The van der Waals surface area contributed by atoms with Crippen LogP contribution < -0.4 is 4.72 Å². The van der Waals surface area contributed by atoms with Gasteiger partial charge in [-0.15, -0.1) is 0 Å². The number of ether oxygens (including phenoxy) is 2. The minimum absolute atomic E-state index is 0.101. The van der Waals surface area contributed by atoms with E-state index in [1.807, 2.05) is 0 Å². The van der Waals surface area contributed by atoms with Crippen LogP contribution in [-0.4, -0.2) is 50.4 Å². The Labute approximate surface area is 116 Å². The Morgan fingerprint density at radius 1 is 1.65 bits per heavy atom. The van der Waals surface area contributed by atoms with Gasteiger partial charge in [0.1, 0.15) is 5.56 Å². The molecule has 1 aromatic heterocycles. The summed E-state index contributed by atoms with van der Waals surface area (Å²) < 4.78 is 37.0. The maximum atomic E-state index is 12.2. The second kappa shape index (κ2) is 6.33. The molecule has 0 spiro atoms. The molecule has 2 N–H and O–H groups in total. The molecule has 0 amide bonds. The minimum Gasteiger partial charge on any atom is -0.462 e. The molecular formula is C11H17N3O5S. The molecule has 112 valence electrons. The Bertz CT molecular complexity index is 562. The van der Waals surface area contributed by atoms with Crippen molar-refractivity contribution in [3.05, 3.63) is 11.8 Å². The highest BCUT2D eigenvalue weighted by atomic mass is 32.2. The summed E-state index contributed by atoms with van der Waals surface area (Å²) in [4.78, 5) is 11.7. The molecule has 1 atom stereocenters. The average Bonchev–Trinajstić information content (AvgIpc) is 2.90. The third kappa shape index (κ3) is 3.35. The third-order valence-electron chi connectivity index (χ3n) is 2.85. The van der Waals surface area contributed by atoms with Crippen LogP contribution >= 0.6 is 0 Å². The van der Waals surface area contributed by atoms with Gasteiger partial charge < -0.3 is 9.47 Å². The van der Waals surface area contributed by atoms with Crippen LogP contribution in [0.25, 0.3) is 0 Å². The number of carbonyl (C=O) groups is 1. The first-order valence-electron chi connectivity index (χ1n) is 6.35. The number of carbonyl (C=O) groups excluding carboxylic acids is 1. The van der Waals surface area contributed by atoms with Gasteiger partial charge in [-0.3, -0.25) is 5.10 Å². The minimum atomic E-state index is -3.86. The number of sulfonamides is 1. The summed E-state index contributed by atoms with van der Waals surface area (Å²) in [7, 11) is -3.86. The largest absolute Gasteiger partial charge is 0.462 e. The molecular weight excluding hydrogens is 286 g/mol. The summed E-state index contributed by atoms with van der Waals surface area (Å²) in [6.07, 6.45) is 2.63. The van der Waals surface area contributed by atoms with E-state index in [4.69, 9.17) is 9.47 Å². The van der Waals surface area contributed by atoms with Crippen molar-refractivity contribution in [2.45, 2.75) is 30.8 Å². The van der Waals surface area contributed by atoms with Crippen LogP contribution in [0.5, 0.6) is 0 Å². The molecule has 0 saturated carbocycles. The normalized spacial score (nSPS) is 19.8. The van der Waals surface area contributed by atoms with E-state index in [0.29, 0.717) is 19.6 Å². The molecule has 2 heterocycles. The molecule has 9 heteroatoms. The lowest BCUT2D eigenvalue weighted by molar-refractivity contribution is 0.0521. The first-order chi connectivity index (χ1) is 9.54. The lowest BCUT2D eigenvalue weighted by Gasteiger charge is -2.22. The highest BCUT2D eigenvalue weighted by Gasteiger charge is 2.29. The molecule has 1 fully saturated rings. The number of aromatic amines is 1. The summed E-state index contributed by atoms with van der Waals surface area (Å²) >= 11 is 0. The summed E-state index contributed by atoms with van der Waals surface area (Å²) in [6, 6.07) is -0.299. The van der Waals surface area contributed by atoms with Crippen LogP contribution in [0.1, 0.15) is 30.1 Å². The van der Waals surface area contributed by atoms with Gasteiger partial charge in [-0.25, -0.2) is 17.9 Å². The van der Waals surface area contributed by atoms with E-state index in [2.05, 4.69) is 14.9 Å². The van der Waals surface area contributed by atoms with E-state index in [-0.39, 0.29) is 23.2 Å². The fraction of sp³-hybridized carbons (Fsp3) is 0.636. The van der Waals surface area contributed by atoms with Crippen molar-refractivity contribution < 1.29 is 22.7 Å². The molecule has 0 radical (unpaired) electrons. The summed E-state index contributed by atoms with van der Waals surface area (Å²) in [5, 5.41) is 5.67. The van der Waals surface area contributed by atoms with Gasteiger partial charge in [-0.1, -0.05) is 0 Å². The molecule has 1 aliphatic rings. The van der Waals surface area contributed by atoms with Crippen LogP contribution in [0.15, 0.2) is 11.2 Å². The predicted octanol–water partition coefficient (Wildman–Crippen LogP) is 0.0437. The van der Waals surface area contributed by atoms with Crippen molar-refractivity contribution in [1.82, 2.24) is 14.9 Å². The molecule has 1 saturated heterocycles. The van der Waals surface area contributed by atoms with Crippen molar-refractivity contribution in [2.24, 2.45) is 0 Å². The number of nitrogens with one attached hydrogen (secondary N) is 2. The van der Waals surface area contributed by atoms with Gasteiger partial charge in [0.05, 0.1) is 19.4 Å². The summed E-state index contributed by atoms with van der Waals surface area (Å²) in [5.41, 5.74) is -0.101. The molecule has 1 aromatic rings. The van der Waals surface area contributed by atoms with Gasteiger partial charge >= 0.3 is 5.97 Å². The predicted molar refractivity (Wildman–Crippen MR) is 68.7 cm³/mol. The molecule has 0 aromatic carbocycles. The molecule has 1 unspecified atom stereocenters. The number of hydrogen-bond donors (Lipinski definition) is 2. The van der Waals surface area contributed by atoms with Crippen molar-refractivity contribution in [3.8, 4) is 0 Å². The lowest BCUT2D eigenvalue weighted by Crippen LogP contribution is -2.41. The van der Waals surface area contributed by atoms with Gasteiger partial charge in [0.15, 0.2) is 5.03 Å². The Morgan fingerprint density at radius 3 is 3.10 bits per heavy atom. The standard InChI is InChI=1S/C11H17N3O5S/c1-2-19-11(15)9-6-12-13-10(9)20(16,17)14-8-4-3-5-18-7-8/h6,8,14H,2-5,7H2,1H3,(H,12,13).